The van der Waals surface area contributed by atoms with Gasteiger partial charge in [0.05, 0.1) is 0 Å². The number of likely N-dealkylation sites (N-methyl/N-ethyl adjacent to an activating group) is 1. The first kappa shape index (κ1) is 20.3. The third kappa shape index (κ3) is 8.96. The van der Waals surface area contributed by atoms with Crippen LogP contribution in [0.4, 0.5) is 0 Å². The first-order valence-electron chi connectivity index (χ1n) is 6.84. The summed E-state index contributed by atoms with van der Waals surface area (Å²) in [5.74, 6) is 0.997. The average molecular weight is 304 g/mol. The quantitative estimate of drug-likeness (QED) is 0.418. The monoisotopic (exact) mass is 303 g/mol. The van der Waals surface area contributed by atoms with Gasteiger partial charge in [-0.25, -0.2) is 0 Å². The maximum absolute atomic E-state index is 4.65. The Balaban J connectivity index is 0. The second-order valence-corrected chi connectivity index (χ2v) is 5.46. The topological polar surface area (TPSA) is 29.7 Å². The Labute approximate surface area is 124 Å². The van der Waals surface area contributed by atoms with Crippen LogP contribution >= 0.6 is 0 Å². The van der Waals surface area contributed by atoms with Crippen LogP contribution in [0.15, 0.2) is 4.99 Å². The molecule has 0 aromatic heterocycles. The normalized spacial score (nSPS) is 14.3. The summed E-state index contributed by atoms with van der Waals surface area (Å²) in [7, 11) is 0. The smallest absolute Gasteiger partial charge is 0.468 e. The Kier molecular flexibility index (Phi) is 11.1. The molecular weight excluding hydrogens is 274 g/mol. The molecule has 0 aliphatic carbocycles. The molecule has 0 aliphatic heterocycles. The predicted molar refractivity (Wildman–Crippen MR) is 78.1 cm³/mol. The molecule has 0 spiro atoms. The summed E-state index contributed by atoms with van der Waals surface area (Å²) < 4.78 is 0. The Morgan fingerprint density at radius 3 is 2.00 bits per heavy atom. The van der Waals surface area contributed by atoms with E-state index in [1.54, 1.807) is 0 Å². The van der Waals surface area contributed by atoms with Crippen molar-refractivity contribution in [2.24, 2.45) is 4.99 Å². The predicted octanol–water partition coefficient (Wildman–Crippen LogP) is 3.69. The molecule has 0 saturated heterocycles. The van der Waals surface area contributed by atoms with Gasteiger partial charge in [-0.05, 0) is 38.5 Å². The van der Waals surface area contributed by atoms with Gasteiger partial charge in [-0.1, -0.05) is 47.4 Å². The summed E-state index contributed by atoms with van der Waals surface area (Å²) in [6, 6.07) is 0.502. The van der Waals surface area contributed by atoms with Gasteiger partial charge in [0.15, 0.2) is 0 Å². The summed E-state index contributed by atoms with van der Waals surface area (Å²) in [5.41, 5.74) is -0.0206. The van der Waals surface area contributed by atoms with Crippen LogP contribution in [0.1, 0.15) is 54.9 Å². The van der Waals surface area contributed by atoms with Crippen molar-refractivity contribution < 1.29 is 17.1 Å². The fourth-order valence-electron chi connectivity index (χ4n) is 1.81. The van der Waals surface area contributed by atoms with Gasteiger partial charge in [0.1, 0.15) is 0 Å². The molecule has 0 aliphatic rings. The molecule has 0 aromatic carbocycles. The van der Waals surface area contributed by atoms with Gasteiger partial charge >= 0.3 is 17.1 Å². The Bertz CT molecular complexity index is 230. The molecular formula is C14H30CuN3. The van der Waals surface area contributed by atoms with Crippen LogP contribution in [0.2, 0.25) is 0 Å². The average Bonchev–Trinajstić information content (AvgIpc) is 2.24. The largest absolute Gasteiger partial charge is 1.00 e. The molecule has 1 unspecified atom stereocenters. The molecule has 0 amide bonds. The van der Waals surface area contributed by atoms with Crippen molar-refractivity contribution in [2.45, 2.75) is 66.5 Å². The molecule has 0 saturated carbocycles. The summed E-state index contributed by atoms with van der Waals surface area (Å²) in [6.45, 7) is 18.1. The van der Waals surface area contributed by atoms with Gasteiger partial charge < -0.3 is 15.2 Å². The Morgan fingerprint density at radius 1 is 1.17 bits per heavy atom. The number of nitrogens with zero attached hydrogens (tertiary/aromatic N) is 3. The van der Waals surface area contributed by atoms with Gasteiger partial charge in [0.25, 0.3) is 0 Å². The maximum Gasteiger partial charge on any atom is 1.00 e. The molecule has 112 valence electrons. The number of rotatable bonds is 6. The van der Waals surface area contributed by atoms with Crippen LogP contribution in [-0.4, -0.2) is 42.0 Å². The van der Waals surface area contributed by atoms with Crippen molar-refractivity contribution in [1.82, 2.24) is 4.90 Å². The van der Waals surface area contributed by atoms with Gasteiger partial charge in [0.2, 0.25) is 0 Å². The van der Waals surface area contributed by atoms with E-state index in [9.17, 15) is 0 Å². The molecule has 18 heavy (non-hydrogen) atoms. The molecule has 0 rings (SSSR count). The molecule has 1 atom stereocenters. The zero-order chi connectivity index (χ0) is 13.5. The van der Waals surface area contributed by atoms with Crippen LogP contribution in [-0.2, 0) is 17.1 Å². The van der Waals surface area contributed by atoms with Crippen LogP contribution in [0, 0.1) is 0 Å². The van der Waals surface area contributed by atoms with Crippen LogP contribution in [0.25, 0.3) is 5.32 Å². The van der Waals surface area contributed by atoms with Crippen molar-refractivity contribution in [3.05, 3.63) is 5.32 Å². The second-order valence-electron chi connectivity index (χ2n) is 5.46. The van der Waals surface area contributed by atoms with E-state index >= 15 is 0 Å². The zero-order valence-corrected chi connectivity index (χ0v) is 14.0. The Hall–Kier alpha value is -0.0505. The van der Waals surface area contributed by atoms with E-state index in [2.05, 4.69) is 63.7 Å². The standard InChI is InChI=1S/C14H30N3.Cu/c1-8-13(16-14(5,6)7)15-11-12(4)17(9-2)10-3;/h12H,8-11H2,1-7H3;/q-1;+1. The third-order valence-corrected chi connectivity index (χ3v) is 2.75. The van der Waals surface area contributed by atoms with Crippen molar-refractivity contribution in [1.29, 1.82) is 0 Å². The van der Waals surface area contributed by atoms with E-state index in [-0.39, 0.29) is 22.6 Å². The first-order valence-corrected chi connectivity index (χ1v) is 6.84. The number of aliphatic imine (C=N–C) groups is 1. The molecule has 0 radical (unpaired) electrons. The number of hydrogen-bond donors (Lipinski definition) is 0. The van der Waals surface area contributed by atoms with Crippen molar-refractivity contribution in [3.63, 3.8) is 0 Å². The van der Waals surface area contributed by atoms with Crippen molar-refractivity contribution in [3.8, 4) is 0 Å². The third-order valence-electron chi connectivity index (χ3n) is 2.75. The summed E-state index contributed by atoms with van der Waals surface area (Å²) in [4.78, 5) is 7.07. The summed E-state index contributed by atoms with van der Waals surface area (Å²) in [5, 5.41) is 4.65. The maximum atomic E-state index is 4.65. The van der Waals surface area contributed by atoms with Crippen LogP contribution < -0.4 is 0 Å². The number of amidine groups is 1. The van der Waals surface area contributed by atoms with E-state index < -0.39 is 0 Å². The zero-order valence-electron chi connectivity index (χ0n) is 13.0. The number of hydrogen-bond acceptors (Lipinski definition) is 2. The van der Waals surface area contributed by atoms with E-state index in [0.717, 1.165) is 31.9 Å². The van der Waals surface area contributed by atoms with E-state index in [1.165, 1.54) is 0 Å². The van der Waals surface area contributed by atoms with Crippen molar-refractivity contribution >= 4 is 5.84 Å². The second kappa shape index (κ2) is 9.82. The Morgan fingerprint density at radius 2 is 1.67 bits per heavy atom. The fraction of sp³-hybridized carbons (Fsp3) is 0.929. The van der Waals surface area contributed by atoms with Crippen LogP contribution in [0.3, 0.4) is 0 Å². The molecule has 0 N–H and O–H groups in total. The summed E-state index contributed by atoms with van der Waals surface area (Å²) in [6.07, 6.45) is 0.919. The minimum Gasteiger partial charge on any atom is -0.468 e. The van der Waals surface area contributed by atoms with Gasteiger partial charge in [-0.3, -0.25) is 0 Å². The molecule has 4 heteroatoms. The molecule has 0 aromatic rings. The fourth-order valence-corrected chi connectivity index (χ4v) is 1.81. The van der Waals surface area contributed by atoms with Crippen molar-refractivity contribution in [2.75, 3.05) is 19.6 Å². The molecule has 0 bridgehead atoms. The minimum absolute atomic E-state index is 0. The van der Waals surface area contributed by atoms with Crippen LogP contribution in [0.5, 0.6) is 0 Å². The van der Waals surface area contributed by atoms with Gasteiger partial charge in [-0.15, -0.1) is 0 Å². The molecule has 0 fully saturated rings. The van der Waals surface area contributed by atoms with E-state index in [4.69, 9.17) is 0 Å². The first-order chi connectivity index (χ1) is 7.84. The van der Waals surface area contributed by atoms with Gasteiger partial charge in [0, 0.05) is 6.04 Å². The van der Waals surface area contributed by atoms with E-state index in [0.29, 0.717) is 6.04 Å². The molecule has 0 heterocycles. The summed E-state index contributed by atoms with van der Waals surface area (Å²) >= 11 is 0. The van der Waals surface area contributed by atoms with E-state index in [1.807, 2.05) is 0 Å². The SMILES string of the molecule is CCC(=NC(C)(C)C)[N-]CC(C)N(CC)CC.[Cu+]. The van der Waals surface area contributed by atoms with Gasteiger partial charge in [-0.2, -0.15) is 0 Å². The minimum atomic E-state index is -0.0206. The molecule has 3 nitrogen and oxygen atoms in total.